The lowest BCUT2D eigenvalue weighted by Crippen LogP contribution is -1.97. The van der Waals surface area contributed by atoms with Crippen molar-refractivity contribution in [2.24, 2.45) is 0 Å². The molecule has 2 heteroatoms. The fourth-order valence-corrected chi connectivity index (χ4v) is 6.34. The van der Waals surface area contributed by atoms with Crippen LogP contribution in [0.25, 0.3) is 71.9 Å². The molecule has 0 aliphatic carbocycles. The highest BCUT2D eigenvalue weighted by atomic mass is 15.1. The van der Waals surface area contributed by atoms with Gasteiger partial charge in [0, 0.05) is 11.3 Å². The van der Waals surface area contributed by atoms with Gasteiger partial charge in [-0.2, -0.15) is 0 Å². The Kier molecular flexibility index (Phi) is 5.72. The summed E-state index contributed by atoms with van der Waals surface area (Å²) < 4.78 is 2.27. The first-order valence-electron chi connectivity index (χ1n) is 14.4. The average Bonchev–Trinajstić information content (AvgIpc) is 3.44. The zero-order valence-electron chi connectivity index (χ0n) is 23.3. The zero-order chi connectivity index (χ0) is 28.0. The number of hydrogen-bond donors (Lipinski definition) is 0. The van der Waals surface area contributed by atoms with Crippen LogP contribution in [0, 0.1) is 6.92 Å². The van der Waals surface area contributed by atoms with Gasteiger partial charge in [0.25, 0.3) is 0 Å². The number of para-hydroxylation sites is 3. The van der Waals surface area contributed by atoms with Crippen molar-refractivity contribution < 1.29 is 0 Å². The van der Waals surface area contributed by atoms with Gasteiger partial charge < -0.3 is 0 Å². The molecule has 0 aliphatic heterocycles. The van der Waals surface area contributed by atoms with Gasteiger partial charge in [0.1, 0.15) is 5.82 Å². The summed E-state index contributed by atoms with van der Waals surface area (Å²) in [4.78, 5) is 5.14. The Hall–Kier alpha value is -5.47. The molecule has 0 unspecified atom stereocenters. The quantitative estimate of drug-likeness (QED) is 0.205. The Labute approximate surface area is 245 Å². The third-order valence-electron chi connectivity index (χ3n) is 8.26. The number of aromatic nitrogens is 2. The fourth-order valence-electron chi connectivity index (χ4n) is 6.34. The Morgan fingerprint density at radius 3 is 1.67 bits per heavy atom. The van der Waals surface area contributed by atoms with Crippen LogP contribution in [0.5, 0.6) is 0 Å². The van der Waals surface area contributed by atoms with Gasteiger partial charge in [0.05, 0.1) is 11.0 Å². The highest BCUT2D eigenvalue weighted by Crippen LogP contribution is 2.44. The van der Waals surface area contributed by atoms with E-state index in [1.54, 1.807) is 0 Å². The Morgan fingerprint density at radius 1 is 0.452 bits per heavy atom. The Bertz CT molecular complexity index is 2180. The molecule has 0 spiro atoms. The fraction of sp³-hybridized carbons (Fsp3) is 0.0250. The number of benzene rings is 7. The molecule has 7 aromatic carbocycles. The molecule has 0 bridgehead atoms. The van der Waals surface area contributed by atoms with E-state index in [0.717, 1.165) is 28.1 Å². The van der Waals surface area contributed by atoms with E-state index in [1.807, 2.05) is 0 Å². The van der Waals surface area contributed by atoms with E-state index in [-0.39, 0.29) is 0 Å². The number of imidazole rings is 1. The molecule has 0 radical (unpaired) electrons. The molecule has 2 nitrogen and oxygen atoms in total. The van der Waals surface area contributed by atoms with Crippen LogP contribution >= 0.6 is 0 Å². The van der Waals surface area contributed by atoms with Gasteiger partial charge in [0.2, 0.25) is 0 Å². The van der Waals surface area contributed by atoms with Crippen LogP contribution in [0.2, 0.25) is 0 Å². The summed E-state index contributed by atoms with van der Waals surface area (Å²) in [5, 5.41) is 5.02. The number of fused-ring (bicyclic) bond motifs is 3. The van der Waals surface area contributed by atoms with Crippen LogP contribution in [-0.2, 0) is 0 Å². The van der Waals surface area contributed by atoms with Gasteiger partial charge >= 0.3 is 0 Å². The lowest BCUT2D eigenvalue weighted by molar-refractivity contribution is 1.10. The average molecular weight is 537 g/mol. The molecular weight excluding hydrogens is 508 g/mol. The van der Waals surface area contributed by atoms with Crippen LogP contribution in [0.4, 0.5) is 0 Å². The van der Waals surface area contributed by atoms with Crippen molar-refractivity contribution in [3.63, 3.8) is 0 Å². The van der Waals surface area contributed by atoms with E-state index in [2.05, 4.69) is 163 Å². The van der Waals surface area contributed by atoms with Crippen molar-refractivity contribution in [1.82, 2.24) is 9.55 Å². The lowest BCUT2D eigenvalue weighted by atomic mass is 9.85. The van der Waals surface area contributed by atoms with Gasteiger partial charge in [-0.05, 0) is 81.1 Å². The predicted molar refractivity (Wildman–Crippen MR) is 177 cm³/mol. The smallest absolute Gasteiger partial charge is 0.145 e. The molecule has 0 amide bonds. The zero-order valence-corrected chi connectivity index (χ0v) is 23.3. The van der Waals surface area contributed by atoms with E-state index in [4.69, 9.17) is 4.98 Å². The van der Waals surface area contributed by atoms with E-state index in [9.17, 15) is 0 Å². The summed E-state index contributed by atoms with van der Waals surface area (Å²) >= 11 is 0. The summed E-state index contributed by atoms with van der Waals surface area (Å²) in [5.74, 6) is 0.939. The molecule has 8 rings (SSSR count). The molecule has 0 atom stereocenters. The molecule has 42 heavy (non-hydrogen) atoms. The summed E-state index contributed by atoms with van der Waals surface area (Å²) in [6.07, 6.45) is 0. The monoisotopic (exact) mass is 536 g/mol. The van der Waals surface area contributed by atoms with Gasteiger partial charge in [0.15, 0.2) is 0 Å². The van der Waals surface area contributed by atoms with Crippen LogP contribution in [0.15, 0.2) is 152 Å². The second-order valence-corrected chi connectivity index (χ2v) is 10.9. The standard InChI is InChI=1S/C40H28N2/c1-27-22-24-28(25-23-27)38-32-16-5-7-18-34(32)39(35-19-8-6-17-33(35)38)29-12-11-13-30(26-29)40-41-36-20-9-10-21-37(36)42(40)31-14-3-2-4-15-31/h2-26H,1H3. The first kappa shape index (κ1) is 24.3. The van der Waals surface area contributed by atoms with Crippen molar-refractivity contribution in [2.75, 3.05) is 0 Å². The summed E-state index contributed by atoms with van der Waals surface area (Å²) in [5.41, 5.74) is 10.5. The van der Waals surface area contributed by atoms with Crippen molar-refractivity contribution in [3.05, 3.63) is 157 Å². The first-order chi connectivity index (χ1) is 20.8. The summed E-state index contributed by atoms with van der Waals surface area (Å²) in [6, 6.07) is 54.3. The normalized spacial score (nSPS) is 11.5. The maximum absolute atomic E-state index is 5.14. The summed E-state index contributed by atoms with van der Waals surface area (Å²) in [6.45, 7) is 2.14. The van der Waals surface area contributed by atoms with E-state index in [0.29, 0.717) is 0 Å². The van der Waals surface area contributed by atoms with Crippen molar-refractivity contribution in [3.8, 4) is 39.3 Å². The maximum atomic E-state index is 5.14. The second-order valence-electron chi connectivity index (χ2n) is 10.9. The third-order valence-corrected chi connectivity index (χ3v) is 8.26. The maximum Gasteiger partial charge on any atom is 0.145 e. The first-order valence-corrected chi connectivity index (χ1v) is 14.4. The Morgan fingerprint density at radius 2 is 1.00 bits per heavy atom. The van der Waals surface area contributed by atoms with Crippen molar-refractivity contribution in [2.45, 2.75) is 6.92 Å². The van der Waals surface area contributed by atoms with E-state index >= 15 is 0 Å². The van der Waals surface area contributed by atoms with E-state index in [1.165, 1.54) is 49.4 Å². The Balaban J connectivity index is 1.41. The largest absolute Gasteiger partial charge is 0.292 e. The molecular formula is C40H28N2. The number of hydrogen-bond acceptors (Lipinski definition) is 1. The van der Waals surface area contributed by atoms with Gasteiger partial charge in [-0.3, -0.25) is 4.57 Å². The predicted octanol–water partition coefficient (Wildman–Crippen LogP) is 10.6. The number of aryl methyl sites for hydroxylation is 1. The molecule has 1 aromatic heterocycles. The number of nitrogens with zero attached hydrogens (tertiary/aromatic N) is 2. The molecule has 0 N–H and O–H groups in total. The molecule has 198 valence electrons. The van der Waals surface area contributed by atoms with Crippen molar-refractivity contribution in [1.29, 1.82) is 0 Å². The second kappa shape index (κ2) is 9.87. The highest BCUT2D eigenvalue weighted by Gasteiger charge is 2.18. The molecule has 8 aromatic rings. The minimum Gasteiger partial charge on any atom is -0.292 e. The van der Waals surface area contributed by atoms with Crippen LogP contribution in [0.3, 0.4) is 0 Å². The van der Waals surface area contributed by atoms with Crippen LogP contribution in [-0.4, -0.2) is 9.55 Å². The van der Waals surface area contributed by atoms with Crippen LogP contribution in [0.1, 0.15) is 5.56 Å². The molecule has 0 saturated carbocycles. The third kappa shape index (κ3) is 3.92. The minimum atomic E-state index is 0.939. The van der Waals surface area contributed by atoms with E-state index < -0.39 is 0 Å². The molecule has 0 saturated heterocycles. The van der Waals surface area contributed by atoms with Crippen LogP contribution < -0.4 is 0 Å². The minimum absolute atomic E-state index is 0.939. The number of rotatable bonds is 4. The topological polar surface area (TPSA) is 17.8 Å². The van der Waals surface area contributed by atoms with Crippen molar-refractivity contribution >= 4 is 32.6 Å². The van der Waals surface area contributed by atoms with Gasteiger partial charge in [-0.25, -0.2) is 4.98 Å². The van der Waals surface area contributed by atoms with Gasteiger partial charge in [-0.1, -0.05) is 127 Å². The lowest BCUT2D eigenvalue weighted by Gasteiger charge is -2.18. The van der Waals surface area contributed by atoms with Gasteiger partial charge in [-0.15, -0.1) is 0 Å². The highest BCUT2D eigenvalue weighted by molar-refractivity contribution is 6.21. The SMILES string of the molecule is Cc1ccc(-c2c3ccccc3c(-c3cccc(-c4nc5ccccc5n4-c4ccccc4)c3)c3ccccc23)cc1. The summed E-state index contributed by atoms with van der Waals surface area (Å²) in [7, 11) is 0. The molecule has 0 fully saturated rings. The molecule has 0 aliphatic rings. The molecule has 1 heterocycles.